The van der Waals surface area contributed by atoms with Gasteiger partial charge in [0.1, 0.15) is 0 Å². The summed E-state index contributed by atoms with van der Waals surface area (Å²) in [6.45, 7) is 7.64. The molecule has 2 aromatic rings. The van der Waals surface area contributed by atoms with Gasteiger partial charge in [0.05, 0.1) is 12.1 Å². The van der Waals surface area contributed by atoms with E-state index in [-0.39, 0.29) is 17.6 Å². The minimum atomic E-state index is 0.143. The number of nitrogens with one attached hydrogen (secondary N) is 1. The molecule has 25 heavy (non-hydrogen) atoms. The molecule has 4 rings (SSSR count). The molecule has 2 aliphatic rings. The van der Waals surface area contributed by atoms with Crippen LogP contribution in [0.25, 0.3) is 0 Å². The summed E-state index contributed by atoms with van der Waals surface area (Å²) in [6.07, 6.45) is 2.46. The van der Waals surface area contributed by atoms with Crippen LogP contribution in [0.15, 0.2) is 42.5 Å². The van der Waals surface area contributed by atoms with Crippen molar-refractivity contribution in [2.24, 2.45) is 5.92 Å². The number of ether oxygens (including phenoxy) is 1. The summed E-state index contributed by atoms with van der Waals surface area (Å²) in [5, 5.41) is 3.78. The largest absolute Gasteiger partial charge is 0.399 e. The van der Waals surface area contributed by atoms with Crippen molar-refractivity contribution in [3.05, 3.63) is 59.2 Å². The van der Waals surface area contributed by atoms with Crippen LogP contribution in [0.2, 0.25) is 0 Å². The molecule has 3 heteroatoms. The molecule has 0 amide bonds. The molecule has 1 saturated heterocycles. The van der Waals surface area contributed by atoms with Crippen LogP contribution in [0.1, 0.15) is 62.4 Å². The number of benzene rings is 2. The third-order valence-electron chi connectivity index (χ3n) is 5.60. The Morgan fingerprint density at radius 1 is 1.12 bits per heavy atom. The zero-order valence-corrected chi connectivity index (χ0v) is 15.4. The van der Waals surface area contributed by atoms with Gasteiger partial charge >= 0.3 is 0 Å². The predicted molar refractivity (Wildman–Crippen MR) is 104 cm³/mol. The molecule has 3 N–H and O–H groups in total. The van der Waals surface area contributed by atoms with E-state index >= 15 is 0 Å². The molecule has 0 unspecified atom stereocenters. The van der Waals surface area contributed by atoms with Gasteiger partial charge < -0.3 is 15.8 Å². The van der Waals surface area contributed by atoms with Crippen LogP contribution in [0.5, 0.6) is 0 Å². The zero-order chi connectivity index (χ0) is 17.6. The van der Waals surface area contributed by atoms with Crippen molar-refractivity contribution in [2.75, 3.05) is 17.7 Å². The molecule has 0 bridgehead atoms. The number of nitrogens with two attached hydrogens (primary N) is 1. The second-order valence-electron chi connectivity index (χ2n) is 8.44. The van der Waals surface area contributed by atoms with E-state index in [0.717, 1.165) is 18.7 Å². The third-order valence-corrected chi connectivity index (χ3v) is 5.60. The number of hydrogen-bond acceptors (Lipinski definition) is 3. The predicted octanol–water partition coefficient (Wildman–Crippen LogP) is 5.20. The lowest BCUT2D eigenvalue weighted by atomic mass is 9.76. The van der Waals surface area contributed by atoms with Crippen molar-refractivity contribution >= 4 is 11.4 Å². The first-order valence-corrected chi connectivity index (χ1v) is 9.31. The van der Waals surface area contributed by atoms with E-state index < -0.39 is 0 Å². The maximum atomic E-state index is 6.29. The van der Waals surface area contributed by atoms with Crippen LogP contribution in [-0.2, 0) is 10.2 Å². The Morgan fingerprint density at radius 3 is 2.72 bits per heavy atom. The fourth-order valence-electron chi connectivity index (χ4n) is 4.22. The molecule has 2 heterocycles. The molecule has 3 nitrogen and oxygen atoms in total. The van der Waals surface area contributed by atoms with Crippen LogP contribution in [0, 0.1) is 5.92 Å². The number of fused-ring (bicyclic) bond motifs is 3. The number of rotatable bonds is 1. The van der Waals surface area contributed by atoms with Crippen molar-refractivity contribution in [3.8, 4) is 0 Å². The molecular weight excluding hydrogens is 308 g/mol. The molecule has 0 saturated carbocycles. The van der Waals surface area contributed by atoms with Crippen LogP contribution >= 0.6 is 0 Å². The monoisotopic (exact) mass is 336 g/mol. The molecule has 0 aromatic heterocycles. The van der Waals surface area contributed by atoms with Crippen molar-refractivity contribution < 1.29 is 4.74 Å². The van der Waals surface area contributed by atoms with Crippen molar-refractivity contribution in [2.45, 2.75) is 51.2 Å². The fourth-order valence-corrected chi connectivity index (χ4v) is 4.22. The lowest BCUT2D eigenvalue weighted by Crippen LogP contribution is -2.36. The van der Waals surface area contributed by atoms with E-state index in [1.807, 2.05) is 12.1 Å². The van der Waals surface area contributed by atoms with Gasteiger partial charge in [0.25, 0.3) is 0 Å². The molecule has 3 atom stereocenters. The van der Waals surface area contributed by atoms with E-state index in [1.54, 1.807) is 0 Å². The minimum absolute atomic E-state index is 0.143. The highest BCUT2D eigenvalue weighted by molar-refractivity contribution is 5.59. The summed E-state index contributed by atoms with van der Waals surface area (Å²) in [5.74, 6) is 0.443. The zero-order valence-electron chi connectivity index (χ0n) is 15.4. The van der Waals surface area contributed by atoms with Crippen LogP contribution in [0.4, 0.5) is 11.4 Å². The van der Waals surface area contributed by atoms with Crippen LogP contribution in [0.3, 0.4) is 0 Å². The summed E-state index contributed by atoms with van der Waals surface area (Å²) in [7, 11) is 0. The van der Waals surface area contributed by atoms with Gasteiger partial charge in [0, 0.05) is 29.5 Å². The summed E-state index contributed by atoms with van der Waals surface area (Å²) in [4.78, 5) is 0. The maximum Gasteiger partial charge on any atom is 0.0895 e. The van der Waals surface area contributed by atoms with Gasteiger partial charge in [0.2, 0.25) is 0 Å². The van der Waals surface area contributed by atoms with Crippen LogP contribution in [-0.4, -0.2) is 6.61 Å². The van der Waals surface area contributed by atoms with Gasteiger partial charge in [-0.05, 0) is 47.6 Å². The van der Waals surface area contributed by atoms with Gasteiger partial charge in [-0.15, -0.1) is 0 Å². The quantitative estimate of drug-likeness (QED) is 0.704. The van der Waals surface area contributed by atoms with Crippen molar-refractivity contribution in [1.82, 2.24) is 0 Å². The second kappa shape index (κ2) is 6.06. The topological polar surface area (TPSA) is 47.3 Å². The summed E-state index contributed by atoms with van der Waals surface area (Å²) in [5.41, 5.74) is 12.1. The van der Waals surface area contributed by atoms with E-state index in [0.29, 0.717) is 5.92 Å². The Hall–Kier alpha value is -2.00. The van der Waals surface area contributed by atoms with Crippen LogP contribution < -0.4 is 11.1 Å². The molecule has 132 valence electrons. The average molecular weight is 336 g/mol. The summed E-state index contributed by atoms with van der Waals surface area (Å²) >= 11 is 0. The van der Waals surface area contributed by atoms with E-state index in [2.05, 4.69) is 56.4 Å². The lowest BCUT2D eigenvalue weighted by molar-refractivity contribution is -0.0382. The van der Waals surface area contributed by atoms with E-state index in [9.17, 15) is 0 Å². The van der Waals surface area contributed by atoms with Crippen molar-refractivity contribution in [1.29, 1.82) is 0 Å². The van der Waals surface area contributed by atoms with Gasteiger partial charge in [0.15, 0.2) is 0 Å². The highest BCUT2D eigenvalue weighted by Gasteiger charge is 2.40. The number of hydrogen-bond donors (Lipinski definition) is 2. The molecule has 2 aliphatic heterocycles. The highest BCUT2D eigenvalue weighted by Crippen LogP contribution is 2.49. The average Bonchev–Trinajstić information content (AvgIpc) is 2.60. The number of anilines is 2. The smallest absolute Gasteiger partial charge is 0.0895 e. The molecule has 0 radical (unpaired) electrons. The standard InChI is InChI=1S/C22H28N2O/c1-22(2,3)15-9-10-19-18(13-15)21-17(8-5-11-25-21)20(24-19)14-6-4-7-16(23)12-14/h4,6-7,9-10,12-13,17,20-21,24H,5,8,11,23H2,1-3H3/t17-,20-,21-/m0/s1. The maximum absolute atomic E-state index is 6.29. The van der Waals surface area contributed by atoms with Gasteiger partial charge in [-0.2, -0.15) is 0 Å². The fraction of sp³-hybridized carbons (Fsp3) is 0.455. The van der Waals surface area contributed by atoms with Gasteiger partial charge in [-0.1, -0.05) is 45.0 Å². The SMILES string of the molecule is CC(C)(C)c1ccc2c(c1)[C@H]1OCCC[C@H]1[C@H](c1cccc(N)c1)N2. The van der Waals surface area contributed by atoms with E-state index in [1.165, 1.54) is 28.8 Å². The normalized spacial score (nSPS) is 25.6. The summed E-state index contributed by atoms with van der Waals surface area (Å²) < 4.78 is 6.29. The Balaban J connectivity index is 1.78. The molecular formula is C22H28N2O. The third kappa shape index (κ3) is 3.02. The second-order valence-corrected chi connectivity index (χ2v) is 8.44. The molecule has 0 spiro atoms. The number of nitrogen functional groups attached to an aromatic ring is 1. The first kappa shape index (κ1) is 16.5. The molecule has 2 aromatic carbocycles. The van der Waals surface area contributed by atoms with E-state index in [4.69, 9.17) is 10.5 Å². The van der Waals surface area contributed by atoms with Gasteiger partial charge in [-0.25, -0.2) is 0 Å². The summed E-state index contributed by atoms with van der Waals surface area (Å²) in [6, 6.07) is 15.3. The minimum Gasteiger partial charge on any atom is -0.399 e. The highest BCUT2D eigenvalue weighted by atomic mass is 16.5. The Labute approximate surface area is 150 Å². The lowest BCUT2D eigenvalue weighted by Gasteiger charge is -2.44. The molecule has 0 aliphatic carbocycles. The van der Waals surface area contributed by atoms with Crippen molar-refractivity contribution in [3.63, 3.8) is 0 Å². The first-order valence-electron chi connectivity index (χ1n) is 9.31. The molecule has 1 fully saturated rings. The Morgan fingerprint density at radius 2 is 1.96 bits per heavy atom. The van der Waals surface area contributed by atoms with Gasteiger partial charge in [-0.3, -0.25) is 0 Å². The Kier molecular flexibility index (Phi) is 3.99. The first-order chi connectivity index (χ1) is 11.9. The Bertz CT molecular complexity index is 778.